The van der Waals surface area contributed by atoms with Crippen LogP contribution in [0, 0.1) is 11.2 Å². The fraction of sp³-hybridized carbons (Fsp3) is 0.533. The minimum atomic E-state index is -0.665. The Morgan fingerprint density at radius 1 is 1.33 bits per heavy atom. The maximum absolute atomic E-state index is 13.4. The van der Waals surface area contributed by atoms with Gasteiger partial charge < -0.3 is 10.6 Å². The molecule has 3 nitrogen and oxygen atoms in total. The zero-order valence-electron chi connectivity index (χ0n) is 11.9. The van der Waals surface area contributed by atoms with Crippen molar-refractivity contribution >= 4 is 34.8 Å². The lowest BCUT2D eigenvalue weighted by molar-refractivity contribution is -0.127. The average Bonchev–Trinajstić information content (AvgIpc) is 2.46. The zero-order chi connectivity index (χ0) is 15.5. The molecule has 1 aromatic carbocycles. The largest absolute Gasteiger partial charge is 0.326 e. The first-order valence-corrected chi connectivity index (χ1v) is 7.91. The predicted octanol–water partition coefficient (Wildman–Crippen LogP) is 4.24. The van der Waals surface area contributed by atoms with Crippen LogP contribution in [0.15, 0.2) is 12.1 Å². The summed E-state index contributed by atoms with van der Waals surface area (Å²) in [5.41, 5.74) is 0.0678. The van der Waals surface area contributed by atoms with Gasteiger partial charge in [0, 0.05) is 5.69 Å². The molecule has 2 N–H and O–H groups in total. The van der Waals surface area contributed by atoms with Crippen molar-refractivity contribution in [3.8, 4) is 0 Å². The monoisotopic (exact) mass is 332 g/mol. The number of amides is 1. The molecular weight excluding hydrogens is 314 g/mol. The number of benzene rings is 1. The molecule has 1 amide bonds. The normalized spacial score (nSPS) is 17.5. The fourth-order valence-corrected chi connectivity index (χ4v) is 3.35. The molecular formula is C15H19Cl2FN2O. The third kappa shape index (κ3) is 3.68. The molecule has 0 aliphatic carbocycles. The average molecular weight is 333 g/mol. The molecule has 1 heterocycles. The van der Waals surface area contributed by atoms with Crippen molar-refractivity contribution in [2.75, 3.05) is 18.4 Å². The van der Waals surface area contributed by atoms with E-state index in [4.69, 9.17) is 23.2 Å². The minimum Gasteiger partial charge on any atom is -0.326 e. The molecule has 2 rings (SSSR count). The van der Waals surface area contributed by atoms with Gasteiger partial charge in [-0.05, 0) is 44.5 Å². The highest BCUT2D eigenvalue weighted by Crippen LogP contribution is 2.36. The van der Waals surface area contributed by atoms with Crippen LogP contribution in [0.4, 0.5) is 10.1 Å². The second-order valence-corrected chi connectivity index (χ2v) is 6.30. The molecule has 0 bridgehead atoms. The third-order valence-electron chi connectivity index (χ3n) is 4.01. The van der Waals surface area contributed by atoms with Gasteiger partial charge >= 0.3 is 0 Å². The number of anilines is 1. The van der Waals surface area contributed by atoms with Gasteiger partial charge in [-0.1, -0.05) is 36.5 Å². The molecule has 0 radical (unpaired) electrons. The Bertz CT molecular complexity index is 502. The Morgan fingerprint density at radius 3 is 2.43 bits per heavy atom. The van der Waals surface area contributed by atoms with E-state index in [1.165, 1.54) is 12.1 Å². The van der Waals surface area contributed by atoms with Crippen molar-refractivity contribution in [2.24, 2.45) is 5.41 Å². The van der Waals surface area contributed by atoms with Gasteiger partial charge in [0.25, 0.3) is 0 Å². The summed E-state index contributed by atoms with van der Waals surface area (Å²) < 4.78 is 13.4. The van der Waals surface area contributed by atoms with Crippen LogP contribution in [0.3, 0.4) is 0 Å². The van der Waals surface area contributed by atoms with E-state index in [9.17, 15) is 9.18 Å². The minimum absolute atomic E-state index is 0.0374. The number of nitrogens with one attached hydrogen (secondary N) is 2. The van der Waals surface area contributed by atoms with Crippen LogP contribution in [0.2, 0.25) is 10.0 Å². The van der Waals surface area contributed by atoms with Crippen LogP contribution in [0.25, 0.3) is 0 Å². The Hall–Kier alpha value is -0.840. The maximum atomic E-state index is 13.4. The highest BCUT2D eigenvalue weighted by molar-refractivity contribution is 6.35. The van der Waals surface area contributed by atoms with Gasteiger partial charge in [0.15, 0.2) is 5.82 Å². The van der Waals surface area contributed by atoms with E-state index in [1.54, 1.807) is 0 Å². The number of rotatable bonds is 4. The van der Waals surface area contributed by atoms with Gasteiger partial charge in [0.1, 0.15) is 0 Å². The summed E-state index contributed by atoms with van der Waals surface area (Å²) in [5, 5.41) is 5.93. The van der Waals surface area contributed by atoms with Crippen molar-refractivity contribution in [3.63, 3.8) is 0 Å². The summed E-state index contributed by atoms with van der Waals surface area (Å²) in [6.45, 7) is 3.74. The van der Waals surface area contributed by atoms with E-state index in [1.807, 2.05) is 0 Å². The lowest BCUT2D eigenvalue weighted by Crippen LogP contribution is -2.44. The Balaban J connectivity index is 2.19. The molecule has 21 heavy (non-hydrogen) atoms. The first kappa shape index (κ1) is 16.5. The van der Waals surface area contributed by atoms with Crippen LogP contribution < -0.4 is 10.6 Å². The Labute approximate surface area is 134 Å². The van der Waals surface area contributed by atoms with E-state index < -0.39 is 5.82 Å². The van der Waals surface area contributed by atoms with Gasteiger partial charge in [0.05, 0.1) is 15.5 Å². The quantitative estimate of drug-likeness (QED) is 0.809. The van der Waals surface area contributed by atoms with E-state index >= 15 is 0 Å². The van der Waals surface area contributed by atoms with Crippen molar-refractivity contribution in [1.82, 2.24) is 5.32 Å². The molecule has 6 heteroatoms. The highest BCUT2D eigenvalue weighted by Gasteiger charge is 2.38. The summed E-state index contributed by atoms with van der Waals surface area (Å²) in [5.74, 6) is -0.703. The van der Waals surface area contributed by atoms with Gasteiger partial charge in [-0.15, -0.1) is 0 Å². The molecule has 0 saturated carbocycles. The third-order valence-corrected chi connectivity index (χ3v) is 4.56. The molecule has 0 spiro atoms. The SMILES string of the molecule is CCCC1(C(=O)Nc2cc(Cl)c(F)c(Cl)c2)CCNCC1. The van der Waals surface area contributed by atoms with Crippen molar-refractivity contribution in [2.45, 2.75) is 32.6 Å². The zero-order valence-corrected chi connectivity index (χ0v) is 13.5. The number of hydrogen-bond acceptors (Lipinski definition) is 2. The second-order valence-electron chi connectivity index (χ2n) is 5.49. The number of carbonyl (C=O) groups excluding carboxylic acids is 1. The number of halogens is 3. The number of hydrogen-bond donors (Lipinski definition) is 2. The fourth-order valence-electron chi connectivity index (χ4n) is 2.87. The molecule has 1 saturated heterocycles. The maximum Gasteiger partial charge on any atom is 0.230 e. The highest BCUT2D eigenvalue weighted by atomic mass is 35.5. The van der Waals surface area contributed by atoms with Gasteiger partial charge in [-0.3, -0.25) is 4.79 Å². The summed E-state index contributed by atoms with van der Waals surface area (Å²) in [6.07, 6.45) is 3.38. The topological polar surface area (TPSA) is 41.1 Å². The smallest absolute Gasteiger partial charge is 0.230 e. The molecule has 1 aliphatic heterocycles. The Morgan fingerprint density at radius 2 is 1.90 bits per heavy atom. The van der Waals surface area contributed by atoms with Crippen LogP contribution >= 0.6 is 23.2 Å². The van der Waals surface area contributed by atoms with Gasteiger partial charge in [-0.25, -0.2) is 4.39 Å². The lowest BCUT2D eigenvalue weighted by Gasteiger charge is -2.36. The van der Waals surface area contributed by atoms with Crippen LogP contribution in [-0.2, 0) is 4.79 Å². The summed E-state index contributed by atoms with van der Waals surface area (Å²) >= 11 is 11.5. The van der Waals surface area contributed by atoms with Crippen molar-refractivity contribution in [1.29, 1.82) is 0 Å². The molecule has 0 unspecified atom stereocenters. The standard InChI is InChI=1S/C15H19Cl2FN2O/c1-2-3-15(4-6-19-7-5-15)14(21)20-10-8-11(16)13(18)12(17)9-10/h8-9,19H,2-7H2,1H3,(H,20,21). The molecule has 1 fully saturated rings. The molecule has 0 aromatic heterocycles. The van der Waals surface area contributed by atoms with Crippen LogP contribution in [0.1, 0.15) is 32.6 Å². The van der Waals surface area contributed by atoms with Crippen molar-refractivity contribution < 1.29 is 9.18 Å². The predicted molar refractivity (Wildman–Crippen MR) is 84.5 cm³/mol. The van der Waals surface area contributed by atoms with E-state index in [0.29, 0.717) is 5.69 Å². The molecule has 116 valence electrons. The van der Waals surface area contributed by atoms with Gasteiger partial charge in [0.2, 0.25) is 5.91 Å². The van der Waals surface area contributed by atoms with E-state index in [-0.39, 0.29) is 21.4 Å². The van der Waals surface area contributed by atoms with E-state index in [2.05, 4.69) is 17.6 Å². The van der Waals surface area contributed by atoms with Crippen molar-refractivity contribution in [3.05, 3.63) is 28.0 Å². The summed E-state index contributed by atoms with van der Waals surface area (Å²) in [6, 6.07) is 2.78. The lowest BCUT2D eigenvalue weighted by atomic mass is 9.74. The summed E-state index contributed by atoms with van der Waals surface area (Å²) in [7, 11) is 0. The second kappa shape index (κ2) is 6.95. The van der Waals surface area contributed by atoms with E-state index in [0.717, 1.165) is 38.8 Å². The van der Waals surface area contributed by atoms with Crippen LogP contribution in [-0.4, -0.2) is 19.0 Å². The van der Waals surface area contributed by atoms with Gasteiger partial charge in [-0.2, -0.15) is 0 Å². The van der Waals surface area contributed by atoms with Crippen LogP contribution in [0.5, 0.6) is 0 Å². The molecule has 1 aliphatic rings. The number of carbonyl (C=O) groups is 1. The summed E-state index contributed by atoms with van der Waals surface area (Å²) in [4.78, 5) is 12.7. The molecule has 1 aromatic rings. The molecule has 0 atom stereocenters. The Kier molecular flexibility index (Phi) is 5.47. The number of piperidine rings is 1. The first-order valence-electron chi connectivity index (χ1n) is 7.15. The first-order chi connectivity index (χ1) is 9.98.